The first-order valence-electron chi connectivity index (χ1n) is 8.22. The topological polar surface area (TPSA) is 90.0 Å². The molecule has 0 N–H and O–H groups in total. The molecule has 0 saturated carbocycles. The van der Waals surface area contributed by atoms with E-state index < -0.39 is 23.8 Å². The smallest absolute Gasteiger partial charge is 0.334 e. The average Bonchev–Trinajstić information content (AvgIpc) is 2.92. The van der Waals surface area contributed by atoms with Crippen LogP contribution in [0.15, 0.2) is 42.5 Å². The number of methoxy groups -OCH3 is 1. The highest BCUT2D eigenvalue weighted by molar-refractivity contribution is 6.22. The molecule has 0 saturated heterocycles. The molecule has 0 unspecified atom stereocenters. The Hall–Kier alpha value is -3.48. The van der Waals surface area contributed by atoms with Crippen molar-refractivity contribution in [2.45, 2.75) is 19.9 Å². The maximum absolute atomic E-state index is 12.5. The van der Waals surface area contributed by atoms with E-state index in [1.165, 1.54) is 51.3 Å². The van der Waals surface area contributed by atoms with Gasteiger partial charge in [-0.05, 0) is 44.2 Å². The van der Waals surface area contributed by atoms with Crippen LogP contribution >= 0.6 is 0 Å². The molecule has 0 aliphatic carbocycles. The molecule has 7 nitrogen and oxygen atoms in total. The van der Waals surface area contributed by atoms with Crippen molar-refractivity contribution in [1.82, 2.24) is 4.90 Å². The molecular formula is C20H17NO6. The minimum Gasteiger partial charge on any atom is -0.493 e. The summed E-state index contributed by atoms with van der Waals surface area (Å²) in [5.74, 6) is -1.75. The molecule has 2 aromatic rings. The number of imide groups is 1. The van der Waals surface area contributed by atoms with Crippen molar-refractivity contribution in [3.05, 3.63) is 59.2 Å². The van der Waals surface area contributed by atoms with E-state index in [1.54, 1.807) is 12.1 Å². The molecule has 3 rings (SSSR count). The molecule has 2 aromatic carbocycles. The van der Waals surface area contributed by atoms with Gasteiger partial charge in [0.2, 0.25) is 0 Å². The van der Waals surface area contributed by atoms with Gasteiger partial charge in [0.1, 0.15) is 6.04 Å². The molecule has 7 heteroatoms. The van der Waals surface area contributed by atoms with Crippen LogP contribution in [-0.2, 0) is 4.79 Å². The molecular weight excluding hydrogens is 350 g/mol. The first-order chi connectivity index (χ1) is 12.8. The largest absolute Gasteiger partial charge is 0.493 e. The number of amides is 2. The van der Waals surface area contributed by atoms with Gasteiger partial charge >= 0.3 is 5.97 Å². The molecule has 0 radical (unpaired) electrons. The molecule has 0 bridgehead atoms. The zero-order chi connectivity index (χ0) is 19.7. The number of rotatable bonds is 5. The van der Waals surface area contributed by atoms with Crippen molar-refractivity contribution in [2.75, 3.05) is 7.11 Å². The number of hydrogen-bond acceptors (Lipinski definition) is 6. The summed E-state index contributed by atoms with van der Waals surface area (Å²) >= 11 is 0. The molecule has 0 spiro atoms. The van der Waals surface area contributed by atoms with E-state index in [9.17, 15) is 19.2 Å². The molecule has 1 aliphatic rings. The quantitative estimate of drug-likeness (QED) is 0.349. The van der Waals surface area contributed by atoms with Gasteiger partial charge in [-0.2, -0.15) is 0 Å². The van der Waals surface area contributed by atoms with Crippen molar-refractivity contribution in [3.8, 4) is 11.5 Å². The Balaban J connectivity index is 1.82. The van der Waals surface area contributed by atoms with Gasteiger partial charge in [-0.3, -0.25) is 19.3 Å². The Labute approximate surface area is 155 Å². The van der Waals surface area contributed by atoms with E-state index in [4.69, 9.17) is 9.47 Å². The second-order valence-electron chi connectivity index (χ2n) is 6.04. The fourth-order valence-corrected chi connectivity index (χ4v) is 2.83. The second kappa shape index (κ2) is 7.03. The number of ether oxygens (including phenoxy) is 2. The third-order valence-corrected chi connectivity index (χ3v) is 4.33. The van der Waals surface area contributed by atoms with Crippen LogP contribution in [-0.4, -0.2) is 41.6 Å². The van der Waals surface area contributed by atoms with Crippen molar-refractivity contribution < 1.29 is 28.7 Å². The van der Waals surface area contributed by atoms with E-state index >= 15 is 0 Å². The number of carbonyl (C=O) groups is 4. The van der Waals surface area contributed by atoms with Gasteiger partial charge in [-0.1, -0.05) is 12.1 Å². The number of ketones is 1. The third-order valence-electron chi connectivity index (χ3n) is 4.33. The zero-order valence-electron chi connectivity index (χ0n) is 15.0. The fraction of sp³-hybridized carbons (Fsp3) is 0.200. The number of esters is 1. The highest BCUT2D eigenvalue weighted by Crippen LogP contribution is 2.30. The summed E-state index contributed by atoms with van der Waals surface area (Å²) in [5, 5.41) is 0. The van der Waals surface area contributed by atoms with Gasteiger partial charge in [0, 0.05) is 5.56 Å². The summed E-state index contributed by atoms with van der Waals surface area (Å²) in [6, 6.07) is 9.64. The Bertz CT molecular complexity index is 930. The first kappa shape index (κ1) is 18.3. The average molecular weight is 367 g/mol. The lowest BCUT2D eigenvalue weighted by Crippen LogP contribution is -2.44. The fourth-order valence-electron chi connectivity index (χ4n) is 2.83. The van der Waals surface area contributed by atoms with Crippen LogP contribution in [0.2, 0.25) is 0 Å². The van der Waals surface area contributed by atoms with E-state index in [1.807, 2.05) is 0 Å². The van der Waals surface area contributed by atoms with E-state index in [0.29, 0.717) is 5.56 Å². The molecule has 0 fully saturated rings. The lowest BCUT2D eigenvalue weighted by Gasteiger charge is -2.21. The Morgan fingerprint density at radius 1 is 0.963 bits per heavy atom. The number of benzene rings is 2. The first-order valence-corrected chi connectivity index (χ1v) is 8.22. The maximum atomic E-state index is 12.5. The van der Waals surface area contributed by atoms with Crippen molar-refractivity contribution in [1.29, 1.82) is 0 Å². The van der Waals surface area contributed by atoms with Gasteiger partial charge in [0.15, 0.2) is 17.3 Å². The summed E-state index contributed by atoms with van der Waals surface area (Å²) in [7, 11) is 1.38. The molecule has 27 heavy (non-hydrogen) atoms. The molecule has 2 amide bonds. The van der Waals surface area contributed by atoms with E-state index in [2.05, 4.69) is 0 Å². The van der Waals surface area contributed by atoms with E-state index in [0.717, 1.165) is 4.90 Å². The third kappa shape index (κ3) is 3.19. The molecule has 138 valence electrons. The lowest BCUT2D eigenvalue weighted by atomic mass is 10.1. The van der Waals surface area contributed by atoms with Crippen molar-refractivity contribution in [2.24, 2.45) is 0 Å². The van der Waals surface area contributed by atoms with Crippen LogP contribution in [0.1, 0.15) is 44.9 Å². The maximum Gasteiger partial charge on any atom is 0.334 e. The predicted octanol–water partition coefficient (Wildman–Crippen LogP) is 2.49. The molecule has 0 aromatic heterocycles. The Morgan fingerprint density at radius 2 is 1.56 bits per heavy atom. The summed E-state index contributed by atoms with van der Waals surface area (Å²) in [5.41, 5.74) is 0.913. The number of carbonyl (C=O) groups excluding carboxylic acids is 4. The zero-order valence-corrected chi connectivity index (χ0v) is 15.0. The lowest BCUT2D eigenvalue weighted by molar-refractivity contribution is -0.138. The van der Waals surface area contributed by atoms with Crippen LogP contribution in [0, 0.1) is 0 Å². The Kier molecular flexibility index (Phi) is 4.77. The van der Waals surface area contributed by atoms with Crippen LogP contribution in [0.4, 0.5) is 0 Å². The highest BCUT2D eigenvalue weighted by Gasteiger charge is 2.41. The van der Waals surface area contributed by atoms with Gasteiger partial charge in [-0.15, -0.1) is 0 Å². The molecule has 1 aliphatic heterocycles. The monoisotopic (exact) mass is 367 g/mol. The van der Waals surface area contributed by atoms with E-state index in [-0.39, 0.29) is 28.4 Å². The minimum atomic E-state index is -1.13. The molecule has 1 atom stereocenters. The van der Waals surface area contributed by atoms with Crippen LogP contribution in [0.3, 0.4) is 0 Å². The summed E-state index contributed by atoms with van der Waals surface area (Å²) in [6.07, 6.45) is 0. The predicted molar refractivity (Wildman–Crippen MR) is 95.0 cm³/mol. The van der Waals surface area contributed by atoms with Crippen LogP contribution in [0.5, 0.6) is 11.5 Å². The highest BCUT2D eigenvalue weighted by atomic mass is 16.6. The van der Waals surface area contributed by atoms with Crippen molar-refractivity contribution in [3.63, 3.8) is 0 Å². The van der Waals surface area contributed by atoms with Gasteiger partial charge < -0.3 is 9.47 Å². The number of hydrogen-bond donors (Lipinski definition) is 0. The second-order valence-corrected chi connectivity index (χ2v) is 6.04. The normalized spacial score (nSPS) is 14.0. The van der Waals surface area contributed by atoms with Gasteiger partial charge in [-0.25, -0.2) is 4.79 Å². The SMILES string of the molecule is COc1cc(C(C)=O)ccc1OC(=O)[C@H](C)N1C(=O)c2ccccc2C1=O. The van der Waals surface area contributed by atoms with Gasteiger partial charge in [0.05, 0.1) is 18.2 Å². The van der Waals surface area contributed by atoms with Crippen LogP contribution in [0.25, 0.3) is 0 Å². The summed E-state index contributed by atoms with van der Waals surface area (Å²) in [6.45, 7) is 2.82. The van der Waals surface area contributed by atoms with Crippen LogP contribution < -0.4 is 9.47 Å². The standard InChI is InChI=1S/C20H17NO6/c1-11(21-18(23)14-6-4-5-7-15(14)19(21)24)20(25)27-16-9-8-13(12(2)22)10-17(16)26-3/h4-11H,1-3H3/t11-/m0/s1. The molecule has 1 heterocycles. The summed E-state index contributed by atoms with van der Waals surface area (Å²) < 4.78 is 10.5. The number of fused-ring (bicyclic) bond motifs is 1. The van der Waals surface area contributed by atoms with Gasteiger partial charge in [0.25, 0.3) is 11.8 Å². The number of nitrogens with zero attached hydrogens (tertiary/aromatic N) is 1. The van der Waals surface area contributed by atoms with Crippen molar-refractivity contribution >= 4 is 23.6 Å². The minimum absolute atomic E-state index is 0.0935. The summed E-state index contributed by atoms with van der Waals surface area (Å²) in [4.78, 5) is 49.8. The number of Topliss-reactive ketones (excluding diaryl/α,β-unsaturated/α-hetero) is 1. The Morgan fingerprint density at radius 3 is 2.07 bits per heavy atom.